The van der Waals surface area contributed by atoms with Crippen molar-refractivity contribution in [2.45, 2.75) is 18.9 Å². The number of anilines is 1. The third-order valence-corrected chi connectivity index (χ3v) is 3.63. The van der Waals surface area contributed by atoms with E-state index in [2.05, 4.69) is 14.9 Å². The molecule has 0 aliphatic heterocycles. The molecule has 6 nitrogen and oxygen atoms in total. The maximum absolute atomic E-state index is 13.4. The summed E-state index contributed by atoms with van der Waals surface area (Å²) in [5.74, 6) is -0.976. The molecule has 0 aromatic carbocycles. The van der Waals surface area contributed by atoms with Gasteiger partial charge in [-0.1, -0.05) is 5.16 Å². The van der Waals surface area contributed by atoms with Gasteiger partial charge in [0.25, 0.3) is 10.0 Å². The monoisotopic (exact) mass is 271 g/mol. The Balaban J connectivity index is 2.40. The molecular weight excluding hydrogens is 261 g/mol. The number of hydrogen-bond acceptors (Lipinski definition) is 5. The quantitative estimate of drug-likeness (QED) is 0.917. The Morgan fingerprint density at radius 3 is 2.67 bits per heavy atom. The van der Waals surface area contributed by atoms with E-state index in [9.17, 15) is 12.8 Å². The SMILES string of the molecule is Cc1noc(NS(=O)(=O)c2ncccc2F)c1C. The van der Waals surface area contributed by atoms with E-state index in [1.54, 1.807) is 13.8 Å². The molecule has 0 spiro atoms. The molecule has 8 heteroatoms. The van der Waals surface area contributed by atoms with Gasteiger partial charge in [-0.2, -0.15) is 8.42 Å². The summed E-state index contributed by atoms with van der Waals surface area (Å²) in [5, 5.41) is 2.92. The number of pyridine rings is 1. The molecule has 2 aromatic heterocycles. The van der Waals surface area contributed by atoms with Crippen LogP contribution in [0.2, 0.25) is 0 Å². The van der Waals surface area contributed by atoms with Crippen LogP contribution in [0.4, 0.5) is 10.3 Å². The van der Waals surface area contributed by atoms with Crippen LogP contribution in [0.1, 0.15) is 11.3 Å². The molecule has 0 aliphatic rings. The smallest absolute Gasteiger partial charge is 0.284 e. The average Bonchev–Trinajstić information content (AvgIpc) is 2.61. The van der Waals surface area contributed by atoms with E-state index >= 15 is 0 Å². The van der Waals surface area contributed by atoms with Crippen LogP contribution in [-0.2, 0) is 10.0 Å². The van der Waals surface area contributed by atoms with E-state index in [1.807, 2.05) is 0 Å². The molecule has 0 radical (unpaired) electrons. The molecule has 2 heterocycles. The highest BCUT2D eigenvalue weighted by Crippen LogP contribution is 2.21. The molecule has 0 bridgehead atoms. The molecular formula is C10H10FN3O3S. The highest BCUT2D eigenvalue weighted by molar-refractivity contribution is 7.92. The van der Waals surface area contributed by atoms with Crippen molar-refractivity contribution in [3.63, 3.8) is 0 Å². The maximum atomic E-state index is 13.4. The summed E-state index contributed by atoms with van der Waals surface area (Å²) in [6.07, 6.45) is 1.19. The van der Waals surface area contributed by atoms with Crippen molar-refractivity contribution in [1.29, 1.82) is 0 Å². The molecule has 18 heavy (non-hydrogen) atoms. The third-order valence-electron chi connectivity index (χ3n) is 2.36. The molecule has 0 unspecified atom stereocenters. The minimum absolute atomic E-state index is 0.0439. The summed E-state index contributed by atoms with van der Waals surface area (Å²) in [7, 11) is -4.12. The van der Waals surface area contributed by atoms with Gasteiger partial charge in [0, 0.05) is 11.8 Å². The number of aromatic nitrogens is 2. The Kier molecular flexibility index (Phi) is 3.04. The Bertz CT molecular complexity index is 681. The summed E-state index contributed by atoms with van der Waals surface area (Å²) in [5.41, 5.74) is 1.09. The highest BCUT2D eigenvalue weighted by Gasteiger charge is 2.23. The van der Waals surface area contributed by atoms with Gasteiger partial charge in [0.15, 0.2) is 5.82 Å². The van der Waals surface area contributed by atoms with Gasteiger partial charge < -0.3 is 4.52 Å². The number of halogens is 1. The summed E-state index contributed by atoms with van der Waals surface area (Å²) >= 11 is 0. The van der Waals surface area contributed by atoms with Gasteiger partial charge in [-0.05, 0) is 26.0 Å². The Morgan fingerprint density at radius 1 is 1.39 bits per heavy atom. The number of nitrogens with zero attached hydrogens (tertiary/aromatic N) is 2. The number of aryl methyl sites for hydroxylation is 1. The van der Waals surface area contributed by atoms with Gasteiger partial charge in [0.05, 0.1) is 5.69 Å². The van der Waals surface area contributed by atoms with Crippen LogP contribution in [0.3, 0.4) is 0 Å². The van der Waals surface area contributed by atoms with Crippen LogP contribution < -0.4 is 4.72 Å². The molecule has 2 rings (SSSR count). The maximum Gasteiger partial charge on any atom is 0.284 e. The molecule has 0 atom stereocenters. The largest absolute Gasteiger partial charge is 0.337 e. The second-order valence-corrected chi connectivity index (χ2v) is 5.22. The number of sulfonamides is 1. The summed E-state index contributed by atoms with van der Waals surface area (Å²) in [6.45, 7) is 3.30. The van der Waals surface area contributed by atoms with Crippen molar-refractivity contribution in [2.75, 3.05) is 4.72 Å². The Labute approximate surface area is 103 Å². The normalized spacial score (nSPS) is 11.5. The van der Waals surface area contributed by atoms with E-state index in [0.717, 1.165) is 6.07 Å². The summed E-state index contributed by atoms with van der Waals surface area (Å²) in [6, 6.07) is 2.32. The molecule has 0 amide bonds. The van der Waals surface area contributed by atoms with Crippen LogP contribution in [0.25, 0.3) is 0 Å². The first-order valence-corrected chi connectivity index (χ1v) is 6.46. The fourth-order valence-electron chi connectivity index (χ4n) is 1.25. The molecule has 96 valence electrons. The average molecular weight is 271 g/mol. The van der Waals surface area contributed by atoms with Gasteiger partial charge in [-0.3, -0.25) is 0 Å². The van der Waals surface area contributed by atoms with Crippen molar-refractivity contribution in [1.82, 2.24) is 10.1 Å². The third kappa shape index (κ3) is 2.19. The number of rotatable bonds is 3. The predicted molar refractivity (Wildman–Crippen MR) is 61.0 cm³/mol. The van der Waals surface area contributed by atoms with Crippen LogP contribution in [0, 0.1) is 19.7 Å². The van der Waals surface area contributed by atoms with Crippen molar-refractivity contribution in [3.05, 3.63) is 35.4 Å². The zero-order valence-electron chi connectivity index (χ0n) is 9.64. The molecule has 1 N–H and O–H groups in total. The van der Waals surface area contributed by atoms with E-state index < -0.39 is 20.9 Å². The summed E-state index contributed by atoms with van der Waals surface area (Å²) in [4.78, 5) is 3.50. The van der Waals surface area contributed by atoms with Crippen molar-refractivity contribution >= 4 is 15.9 Å². The zero-order valence-corrected chi connectivity index (χ0v) is 10.5. The lowest BCUT2D eigenvalue weighted by Gasteiger charge is -2.05. The van der Waals surface area contributed by atoms with Crippen LogP contribution in [0.15, 0.2) is 27.9 Å². The fourth-order valence-corrected chi connectivity index (χ4v) is 2.31. The zero-order chi connectivity index (χ0) is 13.3. The topological polar surface area (TPSA) is 85.1 Å². The Morgan fingerprint density at radius 2 is 2.11 bits per heavy atom. The van der Waals surface area contributed by atoms with Gasteiger partial charge in [-0.15, -0.1) is 0 Å². The van der Waals surface area contributed by atoms with E-state index in [-0.39, 0.29) is 5.88 Å². The number of nitrogens with one attached hydrogen (secondary N) is 1. The van der Waals surface area contributed by atoms with E-state index in [1.165, 1.54) is 12.3 Å². The lowest BCUT2D eigenvalue weighted by atomic mass is 10.3. The van der Waals surface area contributed by atoms with Crippen molar-refractivity contribution in [2.24, 2.45) is 0 Å². The standard InChI is InChI=1S/C10H10FN3O3S/c1-6-7(2)13-17-9(6)14-18(15,16)10-8(11)4-3-5-12-10/h3-5,14H,1-2H3. The first kappa shape index (κ1) is 12.5. The minimum atomic E-state index is -4.12. The lowest BCUT2D eigenvalue weighted by molar-refractivity contribution is 0.430. The second-order valence-electron chi connectivity index (χ2n) is 3.62. The summed E-state index contributed by atoms with van der Waals surface area (Å²) < 4.78 is 44.0. The van der Waals surface area contributed by atoms with Crippen LogP contribution in [0.5, 0.6) is 0 Å². The molecule has 2 aromatic rings. The predicted octanol–water partition coefficient (Wildman–Crippen LogP) is 1.63. The van der Waals surface area contributed by atoms with Gasteiger partial charge >= 0.3 is 0 Å². The number of hydrogen-bond donors (Lipinski definition) is 1. The molecule has 0 aliphatic carbocycles. The van der Waals surface area contributed by atoms with Crippen molar-refractivity contribution in [3.8, 4) is 0 Å². The van der Waals surface area contributed by atoms with Crippen molar-refractivity contribution < 1.29 is 17.3 Å². The fraction of sp³-hybridized carbons (Fsp3) is 0.200. The first-order valence-electron chi connectivity index (χ1n) is 4.98. The second kappa shape index (κ2) is 4.37. The minimum Gasteiger partial charge on any atom is -0.337 e. The van der Waals surface area contributed by atoms with Gasteiger partial charge in [0.1, 0.15) is 0 Å². The van der Waals surface area contributed by atoms with E-state index in [4.69, 9.17) is 4.52 Å². The van der Waals surface area contributed by atoms with Gasteiger partial charge in [0.2, 0.25) is 10.9 Å². The molecule has 0 saturated heterocycles. The first-order chi connectivity index (χ1) is 8.42. The lowest BCUT2D eigenvalue weighted by Crippen LogP contribution is -2.16. The van der Waals surface area contributed by atoms with Gasteiger partial charge in [-0.25, -0.2) is 14.1 Å². The highest BCUT2D eigenvalue weighted by atomic mass is 32.2. The Hall–Kier alpha value is -1.96. The molecule has 0 fully saturated rings. The van der Waals surface area contributed by atoms with Crippen LogP contribution in [-0.4, -0.2) is 18.6 Å². The molecule has 0 saturated carbocycles. The van der Waals surface area contributed by atoms with E-state index in [0.29, 0.717) is 11.3 Å². The van der Waals surface area contributed by atoms with Crippen LogP contribution >= 0.6 is 0 Å².